The second kappa shape index (κ2) is 6.51. The van der Waals surface area contributed by atoms with E-state index in [1.807, 2.05) is 36.4 Å². The predicted octanol–water partition coefficient (Wildman–Crippen LogP) is 4.20. The van der Waals surface area contributed by atoms with Crippen molar-refractivity contribution in [2.24, 2.45) is 0 Å². The highest BCUT2D eigenvalue weighted by atomic mass is 32.1. The van der Waals surface area contributed by atoms with Crippen molar-refractivity contribution in [2.75, 3.05) is 12.1 Å². The maximum atomic E-state index is 5.54. The normalized spacial score (nSPS) is 12.5. The first-order valence-corrected chi connectivity index (χ1v) is 9.32. The van der Waals surface area contributed by atoms with Crippen molar-refractivity contribution in [1.82, 2.24) is 15.0 Å². The van der Waals surface area contributed by atoms with Crippen LogP contribution in [0.2, 0.25) is 0 Å². The van der Waals surface area contributed by atoms with Crippen molar-refractivity contribution in [3.05, 3.63) is 59.5 Å². The number of anilines is 1. The zero-order chi connectivity index (χ0) is 18.2. The van der Waals surface area contributed by atoms with Gasteiger partial charge in [0.2, 0.25) is 13.1 Å². The van der Waals surface area contributed by atoms with E-state index in [2.05, 4.69) is 33.5 Å². The first-order valence-electron chi connectivity index (χ1n) is 8.50. The molecule has 1 radical (unpaired) electrons. The van der Waals surface area contributed by atoms with E-state index in [1.54, 1.807) is 17.5 Å². The summed E-state index contributed by atoms with van der Waals surface area (Å²) in [6.45, 7) is 2.93. The summed E-state index contributed by atoms with van der Waals surface area (Å²) in [6, 6.07) is 11.8. The molecule has 1 N–H and O–H groups in total. The van der Waals surface area contributed by atoms with Crippen molar-refractivity contribution in [2.45, 2.75) is 13.5 Å². The molecule has 0 saturated heterocycles. The average Bonchev–Trinajstić information content (AvgIpc) is 3.30. The summed E-state index contributed by atoms with van der Waals surface area (Å²) in [5, 5.41) is 4.38. The molecule has 3 aromatic heterocycles. The van der Waals surface area contributed by atoms with Crippen LogP contribution in [0, 0.1) is 13.3 Å². The minimum absolute atomic E-state index is 0.261. The summed E-state index contributed by atoms with van der Waals surface area (Å²) in [5.41, 5.74) is 3.10. The summed E-state index contributed by atoms with van der Waals surface area (Å²) in [6.07, 6.45) is 4.54. The van der Waals surface area contributed by atoms with Crippen LogP contribution in [0.3, 0.4) is 0 Å². The van der Waals surface area contributed by atoms with E-state index in [4.69, 9.17) is 9.47 Å². The summed E-state index contributed by atoms with van der Waals surface area (Å²) in [5.74, 6) is 2.29. The molecular weight excluding hydrogens is 360 g/mol. The van der Waals surface area contributed by atoms with E-state index >= 15 is 0 Å². The standard InChI is InChI=1S/C20H15N4O2S/c1-12-17(13-5-6-15-16(8-13)26-11-25-15)18-19(23-10-24-20(18)27-12)22-9-14-4-2-3-7-21-14/h2-8H,9,11H2,1H3,(H,22,23,24). The van der Waals surface area contributed by atoms with Gasteiger partial charge in [-0.25, -0.2) is 9.97 Å². The van der Waals surface area contributed by atoms with Gasteiger partial charge in [0.15, 0.2) is 11.5 Å². The fourth-order valence-electron chi connectivity index (χ4n) is 3.21. The Morgan fingerprint density at radius 1 is 1.15 bits per heavy atom. The highest BCUT2D eigenvalue weighted by Crippen LogP contribution is 2.43. The minimum Gasteiger partial charge on any atom is -0.454 e. The summed E-state index contributed by atoms with van der Waals surface area (Å²) in [7, 11) is 0. The molecule has 7 heteroatoms. The van der Waals surface area contributed by atoms with E-state index in [0.29, 0.717) is 6.54 Å². The predicted molar refractivity (Wildman–Crippen MR) is 104 cm³/mol. The number of ether oxygens (including phenoxy) is 2. The minimum atomic E-state index is 0.261. The van der Waals surface area contributed by atoms with Crippen molar-refractivity contribution in [3.63, 3.8) is 0 Å². The van der Waals surface area contributed by atoms with Gasteiger partial charge in [-0.15, -0.1) is 11.3 Å². The monoisotopic (exact) mass is 375 g/mol. The lowest BCUT2D eigenvalue weighted by molar-refractivity contribution is 0.174. The van der Waals surface area contributed by atoms with Crippen LogP contribution in [-0.2, 0) is 6.54 Å². The number of rotatable bonds is 4. The summed E-state index contributed by atoms with van der Waals surface area (Å²) >= 11 is 1.63. The molecule has 27 heavy (non-hydrogen) atoms. The number of fused-ring (bicyclic) bond motifs is 2. The van der Waals surface area contributed by atoms with Crippen LogP contribution in [0.5, 0.6) is 11.5 Å². The van der Waals surface area contributed by atoms with Crippen molar-refractivity contribution >= 4 is 27.4 Å². The first-order chi connectivity index (χ1) is 13.3. The van der Waals surface area contributed by atoms with Gasteiger partial charge >= 0.3 is 0 Å². The third-order valence-corrected chi connectivity index (χ3v) is 5.44. The third-order valence-electron chi connectivity index (χ3n) is 4.44. The molecule has 0 atom stereocenters. The number of aryl methyl sites for hydroxylation is 1. The van der Waals surface area contributed by atoms with Gasteiger partial charge in [0.25, 0.3) is 0 Å². The molecule has 0 unspecified atom stereocenters. The van der Waals surface area contributed by atoms with E-state index in [0.717, 1.165) is 44.4 Å². The maximum absolute atomic E-state index is 5.54. The van der Waals surface area contributed by atoms with Crippen LogP contribution < -0.4 is 14.8 Å². The Bertz CT molecular complexity index is 1130. The second-order valence-electron chi connectivity index (χ2n) is 6.13. The van der Waals surface area contributed by atoms with Crippen LogP contribution in [0.15, 0.2) is 42.6 Å². The van der Waals surface area contributed by atoms with Gasteiger partial charge < -0.3 is 14.8 Å². The molecule has 0 bridgehead atoms. The average molecular weight is 375 g/mol. The van der Waals surface area contributed by atoms with Gasteiger partial charge in [0, 0.05) is 16.6 Å². The number of pyridine rings is 1. The van der Waals surface area contributed by atoms with Gasteiger partial charge in [-0.3, -0.25) is 4.98 Å². The van der Waals surface area contributed by atoms with Gasteiger partial charge in [-0.2, -0.15) is 0 Å². The number of benzene rings is 1. The molecule has 0 amide bonds. The van der Waals surface area contributed by atoms with Crippen molar-refractivity contribution in [1.29, 1.82) is 0 Å². The lowest BCUT2D eigenvalue weighted by Crippen LogP contribution is -2.03. The number of nitrogens with zero attached hydrogens (tertiary/aromatic N) is 3. The highest BCUT2D eigenvalue weighted by Gasteiger charge is 2.20. The third kappa shape index (κ3) is 2.86. The first kappa shape index (κ1) is 16.0. The zero-order valence-electron chi connectivity index (χ0n) is 14.5. The molecule has 1 aromatic carbocycles. The van der Waals surface area contributed by atoms with Crippen molar-refractivity contribution < 1.29 is 9.47 Å². The zero-order valence-corrected chi connectivity index (χ0v) is 15.3. The fraction of sp³-hybridized carbons (Fsp3) is 0.150. The SMILES string of the molecule is Cc1sc2n[c]nc(NCc3ccccn3)c2c1-c1ccc2c(c1)OCO2. The van der Waals surface area contributed by atoms with Gasteiger partial charge in [0.1, 0.15) is 10.6 Å². The Labute approximate surface area is 159 Å². The van der Waals surface area contributed by atoms with Gasteiger partial charge in [-0.05, 0) is 36.8 Å². The van der Waals surface area contributed by atoms with Crippen LogP contribution >= 0.6 is 11.3 Å². The van der Waals surface area contributed by atoms with E-state index in [-0.39, 0.29) is 6.79 Å². The molecular formula is C20H15N4O2S. The highest BCUT2D eigenvalue weighted by molar-refractivity contribution is 7.19. The molecule has 4 heterocycles. The Morgan fingerprint density at radius 2 is 2.07 bits per heavy atom. The van der Waals surface area contributed by atoms with E-state index < -0.39 is 0 Å². The second-order valence-corrected chi connectivity index (χ2v) is 7.33. The quantitative estimate of drug-likeness (QED) is 0.576. The topological polar surface area (TPSA) is 69.2 Å². The molecule has 4 aromatic rings. The van der Waals surface area contributed by atoms with E-state index in [9.17, 15) is 0 Å². The molecule has 0 fully saturated rings. The molecule has 0 spiro atoms. The lowest BCUT2D eigenvalue weighted by Gasteiger charge is -2.09. The number of nitrogens with one attached hydrogen (secondary N) is 1. The molecule has 1 aliphatic rings. The Kier molecular flexibility index (Phi) is 3.86. The molecule has 0 aliphatic carbocycles. The fourth-order valence-corrected chi connectivity index (χ4v) is 4.21. The lowest BCUT2D eigenvalue weighted by atomic mass is 10.0. The number of thiophene rings is 1. The molecule has 133 valence electrons. The maximum Gasteiger partial charge on any atom is 0.231 e. The Balaban J connectivity index is 1.59. The van der Waals surface area contributed by atoms with Gasteiger partial charge in [0.05, 0.1) is 17.6 Å². The molecule has 5 rings (SSSR count). The van der Waals surface area contributed by atoms with Crippen molar-refractivity contribution in [3.8, 4) is 22.6 Å². The number of aromatic nitrogens is 3. The van der Waals surface area contributed by atoms with Crippen LogP contribution in [0.4, 0.5) is 5.82 Å². The molecule has 6 nitrogen and oxygen atoms in total. The summed E-state index contributed by atoms with van der Waals surface area (Å²) in [4.78, 5) is 15.1. The van der Waals surface area contributed by atoms with Crippen LogP contribution in [-0.4, -0.2) is 21.7 Å². The van der Waals surface area contributed by atoms with Gasteiger partial charge in [-0.1, -0.05) is 12.1 Å². The smallest absolute Gasteiger partial charge is 0.231 e. The Morgan fingerprint density at radius 3 is 2.96 bits per heavy atom. The summed E-state index contributed by atoms with van der Waals surface area (Å²) < 4.78 is 11.0. The number of hydrogen-bond donors (Lipinski definition) is 1. The Hall–Kier alpha value is -3.19. The largest absolute Gasteiger partial charge is 0.454 e. The van der Waals surface area contributed by atoms with Crippen LogP contribution in [0.1, 0.15) is 10.6 Å². The molecule has 0 saturated carbocycles. The number of hydrogen-bond acceptors (Lipinski definition) is 7. The van der Waals surface area contributed by atoms with E-state index in [1.165, 1.54) is 4.88 Å². The molecule has 1 aliphatic heterocycles. The van der Waals surface area contributed by atoms with Crippen LogP contribution in [0.25, 0.3) is 21.3 Å².